The molecule has 1 heterocycles. The van der Waals surface area contributed by atoms with E-state index in [9.17, 15) is 4.39 Å². The average molecular weight is 263 g/mol. The molecule has 106 valence electrons. The van der Waals surface area contributed by atoms with E-state index in [4.69, 9.17) is 0 Å². The van der Waals surface area contributed by atoms with Gasteiger partial charge in [0.2, 0.25) is 0 Å². The van der Waals surface area contributed by atoms with E-state index in [1.54, 1.807) is 12.1 Å². The maximum absolute atomic E-state index is 13.2. The van der Waals surface area contributed by atoms with Crippen LogP contribution in [0, 0.1) is 18.7 Å². The quantitative estimate of drug-likeness (QED) is 0.860. The van der Waals surface area contributed by atoms with Crippen LogP contribution in [0.15, 0.2) is 18.2 Å². The van der Waals surface area contributed by atoms with E-state index in [0.29, 0.717) is 5.92 Å². The third kappa shape index (κ3) is 3.36. The van der Waals surface area contributed by atoms with E-state index in [-0.39, 0.29) is 11.4 Å². The third-order valence-electron chi connectivity index (χ3n) is 4.69. The lowest BCUT2D eigenvalue weighted by Gasteiger charge is -2.38. The second-order valence-corrected chi connectivity index (χ2v) is 6.30. The lowest BCUT2D eigenvalue weighted by atomic mass is 9.77. The molecule has 2 rings (SSSR count). The minimum absolute atomic E-state index is 0.131. The first kappa shape index (κ1) is 14.5. The summed E-state index contributed by atoms with van der Waals surface area (Å²) in [7, 11) is 0. The standard InChI is InChI=1S/C17H26FN/c1-13(2)17(9-5-4-6-10-19-17)12-15-7-8-16(18)11-14(15)3/h7-8,11,13,19H,4-6,9-10,12H2,1-3H3. The number of rotatable bonds is 3. The summed E-state index contributed by atoms with van der Waals surface area (Å²) in [4.78, 5) is 0. The molecule has 1 nitrogen and oxygen atoms in total. The summed E-state index contributed by atoms with van der Waals surface area (Å²) < 4.78 is 13.2. The van der Waals surface area contributed by atoms with Crippen molar-refractivity contribution in [1.29, 1.82) is 0 Å². The summed E-state index contributed by atoms with van der Waals surface area (Å²) >= 11 is 0. The average Bonchev–Trinajstić information content (AvgIpc) is 2.59. The molecule has 1 atom stereocenters. The predicted octanol–water partition coefficient (Wildman–Crippen LogP) is 4.24. The fourth-order valence-electron chi connectivity index (χ4n) is 3.21. The topological polar surface area (TPSA) is 12.0 Å². The number of hydrogen-bond acceptors (Lipinski definition) is 1. The van der Waals surface area contributed by atoms with Crippen molar-refractivity contribution in [2.24, 2.45) is 5.92 Å². The van der Waals surface area contributed by atoms with Gasteiger partial charge in [-0.15, -0.1) is 0 Å². The molecular formula is C17H26FN. The van der Waals surface area contributed by atoms with Crippen LogP contribution in [0.4, 0.5) is 4.39 Å². The largest absolute Gasteiger partial charge is 0.311 e. The zero-order chi connectivity index (χ0) is 13.9. The highest BCUT2D eigenvalue weighted by Crippen LogP contribution is 2.31. The molecule has 1 aliphatic heterocycles. The molecule has 1 aliphatic rings. The van der Waals surface area contributed by atoms with Crippen molar-refractivity contribution in [2.75, 3.05) is 6.54 Å². The Kier molecular flexibility index (Phi) is 4.62. The second-order valence-electron chi connectivity index (χ2n) is 6.30. The fourth-order valence-corrected chi connectivity index (χ4v) is 3.21. The van der Waals surface area contributed by atoms with E-state index in [0.717, 1.165) is 18.5 Å². The molecule has 1 fully saturated rings. The van der Waals surface area contributed by atoms with Crippen molar-refractivity contribution >= 4 is 0 Å². The van der Waals surface area contributed by atoms with E-state index in [1.807, 2.05) is 13.0 Å². The van der Waals surface area contributed by atoms with Crippen LogP contribution in [0.3, 0.4) is 0 Å². The summed E-state index contributed by atoms with van der Waals surface area (Å²) in [5.74, 6) is 0.462. The Balaban J connectivity index is 2.24. The first-order chi connectivity index (χ1) is 9.03. The third-order valence-corrected chi connectivity index (χ3v) is 4.69. The fraction of sp³-hybridized carbons (Fsp3) is 0.647. The minimum Gasteiger partial charge on any atom is -0.311 e. The molecule has 1 aromatic rings. The molecule has 1 unspecified atom stereocenters. The van der Waals surface area contributed by atoms with Gasteiger partial charge in [-0.2, -0.15) is 0 Å². The monoisotopic (exact) mass is 263 g/mol. The summed E-state index contributed by atoms with van der Waals surface area (Å²) in [5.41, 5.74) is 2.54. The SMILES string of the molecule is Cc1cc(F)ccc1CC1(C(C)C)CCCCCN1. The van der Waals surface area contributed by atoms with Crippen LogP contribution in [0.25, 0.3) is 0 Å². The van der Waals surface area contributed by atoms with Gasteiger partial charge in [-0.1, -0.05) is 32.8 Å². The van der Waals surface area contributed by atoms with Crippen molar-refractivity contribution in [2.45, 2.75) is 58.4 Å². The number of benzene rings is 1. The Bertz CT molecular complexity index is 417. The molecule has 0 radical (unpaired) electrons. The van der Waals surface area contributed by atoms with Crippen LogP contribution in [-0.4, -0.2) is 12.1 Å². The minimum atomic E-state index is -0.131. The lowest BCUT2D eigenvalue weighted by Crippen LogP contribution is -2.51. The van der Waals surface area contributed by atoms with Crippen LogP contribution in [0.1, 0.15) is 50.7 Å². The maximum atomic E-state index is 13.2. The normalized spacial score (nSPS) is 24.5. The summed E-state index contributed by atoms with van der Waals surface area (Å²) in [6, 6.07) is 5.20. The number of hydrogen-bond donors (Lipinski definition) is 1. The van der Waals surface area contributed by atoms with Gasteiger partial charge in [0, 0.05) is 5.54 Å². The Morgan fingerprint density at radius 2 is 2.05 bits per heavy atom. The van der Waals surface area contributed by atoms with Gasteiger partial charge in [-0.3, -0.25) is 0 Å². The Labute approximate surface area is 116 Å². The van der Waals surface area contributed by atoms with Gasteiger partial charge in [0.1, 0.15) is 5.82 Å². The number of nitrogens with one attached hydrogen (secondary N) is 1. The van der Waals surface area contributed by atoms with Gasteiger partial charge >= 0.3 is 0 Å². The summed E-state index contributed by atoms with van der Waals surface area (Å²) in [6.45, 7) is 7.73. The van der Waals surface area contributed by atoms with Crippen molar-refractivity contribution in [3.8, 4) is 0 Å². The summed E-state index contributed by atoms with van der Waals surface area (Å²) in [5, 5.41) is 3.79. The molecule has 0 saturated carbocycles. The van der Waals surface area contributed by atoms with Crippen LogP contribution in [0.2, 0.25) is 0 Å². The van der Waals surface area contributed by atoms with Crippen LogP contribution < -0.4 is 5.32 Å². The zero-order valence-electron chi connectivity index (χ0n) is 12.4. The van der Waals surface area contributed by atoms with E-state index < -0.39 is 0 Å². The van der Waals surface area contributed by atoms with Gasteiger partial charge in [-0.25, -0.2) is 4.39 Å². The molecule has 1 saturated heterocycles. The highest BCUT2D eigenvalue weighted by Gasteiger charge is 2.34. The van der Waals surface area contributed by atoms with Crippen LogP contribution >= 0.6 is 0 Å². The van der Waals surface area contributed by atoms with Gasteiger partial charge in [0.15, 0.2) is 0 Å². The molecule has 0 spiro atoms. The van der Waals surface area contributed by atoms with Crippen molar-refractivity contribution in [3.05, 3.63) is 35.1 Å². The molecule has 1 aromatic carbocycles. The van der Waals surface area contributed by atoms with Crippen LogP contribution in [-0.2, 0) is 6.42 Å². The number of aryl methyl sites for hydroxylation is 1. The molecule has 19 heavy (non-hydrogen) atoms. The van der Waals surface area contributed by atoms with E-state index in [2.05, 4.69) is 19.2 Å². The van der Waals surface area contributed by atoms with Gasteiger partial charge in [0.25, 0.3) is 0 Å². The molecule has 0 aromatic heterocycles. The molecule has 2 heteroatoms. The van der Waals surface area contributed by atoms with Crippen molar-refractivity contribution < 1.29 is 4.39 Å². The van der Waals surface area contributed by atoms with Crippen LogP contribution in [0.5, 0.6) is 0 Å². The van der Waals surface area contributed by atoms with Gasteiger partial charge in [-0.05, 0) is 61.9 Å². The van der Waals surface area contributed by atoms with Gasteiger partial charge < -0.3 is 5.32 Å². The molecule has 0 aliphatic carbocycles. The molecule has 0 bridgehead atoms. The molecular weight excluding hydrogens is 237 g/mol. The number of halogens is 1. The van der Waals surface area contributed by atoms with E-state index in [1.165, 1.54) is 31.2 Å². The first-order valence-corrected chi connectivity index (χ1v) is 7.53. The highest BCUT2D eigenvalue weighted by atomic mass is 19.1. The lowest BCUT2D eigenvalue weighted by molar-refractivity contribution is 0.225. The maximum Gasteiger partial charge on any atom is 0.123 e. The Hall–Kier alpha value is -0.890. The smallest absolute Gasteiger partial charge is 0.123 e. The molecule has 1 N–H and O–H groups in total. The molecule has 0 amide bonds. The zero-order valence-corrected chi connectivity index (χ0v) is 12.4. The van der Waals surface area contributed by atoms with Crippen molar-refractivity contribution in [1.82, 2.24) is 5.32 Å². The van der Waals surface area contributed by atoms with Gasteiger partial charge in [0.05, 0.1) is 0 Å². The summed E-state index contributed by atoms with van der Waals surface area (Å²) in [6.07, 6.45) is 6.13. The first-order valence-electron chi connectivity index (χ1n) is 7.53. The van der Waals surface area contributed by atoms with Crippen molar-refractivity contribution in [3.63, 3.8) is 0 Å². The Morgan fingerprint density at radius 1 is 1.26 bits per heavy atom. The second kappa shape index (κ2) is 6.04. The van der Waals surface area contributed by atoms with E-state index >= 15 is 0 Å². The predicted molar refractivity (Wildman–Crippen MR) is 78.9 cm³/mol. The highest BCUT2D eigenvalue weighted by molar-refractivity contribution is 5.28. The Morgan fingerprint density at radius 3 is 2.74 bits per heavy atom.